The first-order chi connectivity index (χ1) is 13.1. The molecule has 2 N–H and O–H groups in total. The van der Waals surface area contributed by atoms with Crippen LogP contribution < -0.4 is 20.3 Å². The second-order valence-electron chi connectivity index (χ2n) is 6.35. The number of benzene rings is 2. The fourth-order valence-corrected chi connectivity index (χ4v) is 3.15. The molecule has 7 heteroatoms. The van der Waals surface area contributed by atoms with Gasteiger partial charge in [0.15, 0.2) is 0 Å². The molecule has 3 rings (SSSR count). The minimum Gasteiger partial charge on any atom is -0.496 e. The quantitative estimate of drug-likeness (QED) is 0.820. The maximum atomic E-state index is 13.4. The van der Waals surface area contributed by atoms with Crippen LogP contribution in [0.1, 0.15) is 12.0 Å². The molecule has 0 radical (unpaired) electrons. The number of urea groups is 1. The Hall–Kier alpha value is -3.09. The number of para-hydroxylation sites is 1. The van der Waals surface area contributed by atoms with E-state index in [0.717, 1.165) is 11.3 Å². The summed E-state index contributed by atoms with van der Waals surface area (Å²) < 4.78 is 18.6. The Labute approximate surface area is 157 Å². The molecule has 3 amide bonds. The molecule has 1 fully saturated rings. The number of anilines is 1. The Balaban J connectivity index is 1.48. The topological polar surface area (TPSA) is 70.7 Å². The molecule has 0 aliphatic carbocycles. The van der Waals surface area contributed by atoms with E-state index in [2.05, 4.69) is 10.6 Å². The first-order valence-electron chi connectivity index (χ1n) is 8.79. The van der Waals surface area contributed by atoms with Gasteiger partial charge in [0.1, 0.15) is 11.6 Å². The van der Waals surface area contributed by atoms with E-state index in [1.54, 1.807) is 19.2 Å². The first kappa shape index (κ1) is 18.7. The lowest BCUT2D eigenvalue weighted by atomic mass is 10.1. The summed E-state index contributed by atoms with van der Waals surface area (Å²) in [5.41, 5.74) is 1.51. The van der Waals surface area contributed by atoms with Gasteiger partial charge < -0.3 is 20.3 Å². The van der Waals surface area contributed by atoms with Crippen molar-refractivity contribution in [3.63, 3.8) is 0 Å². The molecule has 1 heterocycles. The molecule has 1 aliphatic rings. The number of nitrogens with one attached hydrogen (secondary N) is 2. The second kappa shape index (κ2) is 8.53. The van der Waals surface area contributed by atoms with Gasteiger partial charge in [-0.25, -0.2) is 9.18 Å². The van der Waals surface area contributed by atoms with Crippen LogP contribution in [0.3, 0.4) is 0 Å². The summed E-state index contributed by atoms with van der Waals surface area (Å²) in [5.74, 6) is 0.248. The smallest absolute Gasteiger partial charge is 0.315 e. The number of carbonyl (C=O) groups excluding carboxylic acids is 2. The van der Waals surface area contributed by atoms with Gasteiger partial charge in [0, 0.05) is 25.2 Å². The third kappa shape index (κ3) is 4.75. The third-order valence-corrected chi connectivity index (χ3v) is 4.45. The molecule has 1 unspecified atom stereocenters. The number of halogens is 1. The summed E-state index contributed by atoms with van der Waals surface area (Å²) in [6.45, 7) is 0.767. The Kier molecular flexibility index (Phi) is 5.90. The summed E-state index contributed by atoms with van der Waals surface area (Å²) in [7, 11) is 1.61. The maximum absolute atomic E-state index is 13.4. The lowest BCUT2D eigenvalue weighted by Crippen LogP contribution is -2.44. The molecule has 6 nitrogen and oxygen atoms in total. The Morgan fingerprint density at radius 3 is 2.85 bits per heavy atom. The van der Waals surface area contributed by atoms with E-state index in [-0.39, 0.29) is 24.4 Å². The van der Waals surface area contributed by atoms with E-state index in [1.165, 1.54) is 17.0 Å². The molecule has 0 spiro atoms. The van der Waals surface area contributed by atoms with Gasteiger partial charge >= 0.3 is 6.03 Å². The van der Waals surface area contributed by atoms with Crippen LogP contribution in [-0.2, 0) is 11.2 Å². The number of hydrogen-bond donors (Lipinski definition) is 2. The highest BCUT2D eigenvalue weighted by molar-refractivity contribution is 5.96. The van der Waals surface area contributed by atoms with Crippen LogP contribution in [0.15, 0.2) is 48.5 Å². The zero-order valence-electron chi connectivity index (χ0n) is 15.1. The lowest BCUT2D eigenvalue weighted by molar-refractivity contribution is -0.117. The van der Waals surface area contributed by atoms with E-state index in [9.17, 15) is 14.0 Å². The van der Waals surface area contributed by atoms with Crippen LogP contribution >= 0.6 is 0 Å². The summed E-state index contributed by atoms with van der Waals surface area (Å²) in [6, 6.07) is 12.9. The average molecular weight is 371 g/mol. The largest absolute Gasteiger partial charge is 0.496 e. The standard InChI is InChI=1S/C20H22FN3O3/c1-27-18-8-3-2-5-14(18)9-10-22-20(26)23-16-12-19(25)24(13-16)17-7-4-6-15(21)11-17/h2-8,11,16H,9-10,12-13H2,1H3,(H2,22,23,26). The molecule has 142 valence electrons. The number of nitrogens with zero attached hydrogens (tertiary/aromatic N) is 1. The SMILES string of the molecule is COc1ccccc1CCNC(=O)NC1CC(=O)N(c2cccc(F)c2)C1. The van der Waals surface area contributed by atoms with E-state index in [4.69, 9.17) is 4.74 Å². The zero-order chi connectivity index (χ0) is 19.2. The molecule has 1 aliphatic heterocycles. The fourth-order valence-electron chi connectivity index (χ4n) is 3.15. The van der Waals surface area contributed by atoms with Gasteiger partial charge in [0.2, 0.25) is 5.91 Å². The highest BCUT2D eigenvalue weighted by atomic mass is 19.1. The lowest BCUT2D eigenvalue weighted by Gasteiger charge is -2.17. The first-order valence-corrected chi connectivity index (χ1v) is 8.79. The molecular weight excluding hydrogens is 349 g/mol. The Morgan fingerprint density at radius 2 is 2.07 bits per heavy atom. The van der Waals surface area contributed by atoms with E-state index >= 15 is 0 Å². The molecule has 0 aromatic heterocycles. The van der Waals surface area contributed by atoms with Gasteiger partial charge in [-0.1, -0.05) is 24.3 Å². The summed E-state index contributed by atoms with van der Waals surface area (Å²) >= 11 is 0. The fraction of sp³-hybridized carbons (Fsp3) is 0.300. The predicted octanol–water partition coefficient (Wildman–Crippen LogP) is 2.48. The van der Waals surface area contributed by atoms with Crippen molar-refractivity contribution >= 4 is 17.6 Å². The number of hydrogen-bond acceptors (Lipinski definition) is 3. The van der Waals surface area contributed by atoms with Crippen molar-refractivity contribution in [3.05, 3.63) is 59.9 Å². The van der Waals surface area contributed by atoms with Crippen molar-refractivity contribution < 1.29 is 18.7 Å². The minimum atomic E-state index is -0.397. The molecule has 27 heavy (non-hydrogen) atoms. The normalized spacial score (nSPS) is 16.3. The summed E-state index contributed by atoms with van der Waals surface area (Å²) in [4.78, 5) is 25.8. The van der Waals surface area contributed by atoms with Gasteiger partial charge in [-0.05, 0) is 36.2 Å². The molecule has 2 aromatic carbocycles. The van der Waals surface area contributed by atoms with Crippen LogP contribution in [0, 0.1) is 5.82 Å². The molecule has 1 saturated heterocycles. The van der Waals surface area contributed by atoms with Gasteiger partial charge in [0.05, 0.1) is 13.2 Å². The van der Waals surface area contributed by atoms with Crippen molar-refractivity contribution in [1.29, 1.82) is 0 Å². The minimum absolute atomic E-state index is 0.139. The van der Waals surface area contributed by atoms with E-state index < -0.39 is 5.82 Å². The van der Waals surface area contributed by atoms with E-state index in [1.807, 2.05) is 24.3 Å². The highest BCUT2D eigenvalue weighted by Gasteiger charge is 2.31. The molecule has 0 bridgehead atoms. The number of rotatable bonds is 6. The van der Waals surface area contributed by atoms with Gasteiger partial charge in [0.25, 0.3) is 0 Å². The zero-order valence-corrected chi connectivity index (χ0v) is 15.1. The van der Waals surface area contributed by atoms with Crippen molar-refractivity contribution in [2.75, 3.05) is 25.1 Å². The monoisotopic (exact) mass is 371 g/mol. The maximum Gasteiger partial charge on any atom is 0.315 e. The van der Waals surface area contributed by atoms with Crippen molar-refractivity contribution in [2.24, 2.45) is 0 Å². The van der Waals surface area contributed by atoms with Crippen LogP contribution in [0.25, 0.3) is 0 Å². The Bertz CT molecular complexity index is 828. The number of methoxy groups -OCH3 is 1. The summed E-state index contributed by atoms with van der Waals surface area (Å²) in [6.07, 6.45) is 0.826. The van der Waals surface area contributed by atoms with Gasteiger partial charge in [-0.15, -0.1) is 0 Å². The van der Waals surface area contributed by atoms with Crippen LogP contribution in [0.5, 0.6) is 5.75 Å². The molecular formula is C20H22FN3O3. The van der Waals surface area contributed by atoms with Crippen molar-refractivity contribution in [3.8, 4) is 5.75 Å². The van der Waals surface area contributed by atoms with Gasteiger partial charge in [-0.3, -0.25) is 4.79 Å². The molecule has 1 atom stereocenters. The number of amides is 3. The van der Waals surface area contributed by atoms with Crippen molar-refractivity contribution in [2.45, 2.75) is 18.9 Å². The van der Waals surface area contributed by atoms with Crippen molar-refractivity contribution in [1.82, 2.24) is 10.6 Å². The molecule has 0 saturated carbocycles. The van der Waals surface area contributed by atoms with Gasteiger partial charge in [-0.2, -0.15) is 0 Å². The highest BCUT2D eigenvalue weighted by Crippen LogP contribution is 2.22. The van der Waals surface area contributed by atoms with Crippen LogP contribution in [0.4, 0.5) is 14.9 Å². The average Bonchev–Trinajstić information content (AvgIpc) is 3.02. The Morgan fingerprint density at radius 1 is 1.26 bits per heavy atom. The van der Waals surface area contributed by atoms with E-state index in [0.29, 0.717) is 25.2 Å². The van der Waals surface area contributed by atoms with Crippen LogP contribution in [0.2, 0.25) is 0 Å². The van der Waals surface area contributed by atoms with Crippen LogP contribution in [-0.4, -0.2) is 38.2 Å². The number of ether oxygens (including phenoxy) is 1. The molecule has 2 aromatic rings. The second-order valence-corrected chi connectivity index (χ2v) is 6.35. The third-order valence-electron chi connectivity index (χ3n) is 4.45. The number of carbonyl (C=O) groups is 2. The predicted molar refractivity (Wildman–Crippen MR) is 100 cm³/mol. The summed E-state index contributed by atoms with van der Waals surface area (Å²) in [5, 5.41) is 5.59.